The highest BCUT2D eigenvalue weighted by molar-refractivity contribution is 5.92. The third kappa shape index (κ3) is 4.85. The maximum Gasteiger partial charge on any atom is 0.226 e. The number of benzene rings is 1. The number of nitrogens with one attached hydrogen (secondary N) is 2. The van der Waals surface area contributed by atoms with E-state index >= 15 is 0 Å². The molecule has 0 spiro atoms. The van der Waals surface area contributed by atoms with Crippen LogP contribution >= 0.6 is 0 Å². The van der Waals surface area contributed by atoms with Crippen LogP contribution in [0.25, 0.3) is 0 Å². The van der Waals surface area contributed by atoms with Crippen molar-refractivity contribution in [2.75, 3.05) is 23.8 Å². The molecule has 1 aromatic rings. The van der Waals surface area contributed by atoms with Gasteiger partial charge in [0, 0.05) is 29.3 Å². The quantitative estimate of drug-likeness (QED) is 0.718. The number of aliphatic hydroxyl groups is 1. The normalized spacial score (nSPS) is 13.9. The first-order chi connectivity index (χ1) is 9.40. The Balaban J connectivity index is 2.67. The Morgan fingerprint density at radius 3 is 2.55 bits per heavy atom. The predicted octanol–water partition coefficient (Wildman–Crippen LogP) is 3.10. The van der Waals surface area contributed by atoms with Crippen LogP contribution in [-0.4, -0.2) is 24.2 Å². The van der Waals surface area contributed by atoms with E-state index in [1.807, 2.05) is 45.0 Å². The van der Waals surface area contributed by atoms with Crippen LogP contribution in [-0.2, 0) is 4.79 Å². The number of hydrogen-bond donors (Lipinski definition) is 3. The lowest BCUT2D eigenvalue weighted by Gasteiger charge is -2.26. The second kappa shape index (κ2) is 7.29. The summed E-state index contributed by atoms with van der Waals surface area (Å²) in [5, 5.41) is 15.6. The van der Waals surface area contributed by atoms with E-state index in [1.165, 1.54) is 0 Å². The maximum absolute atomic E-state index is 11.7. The van der Waals surface area contributed by atoms with E-state index in [2.05, 4.69) is 17.6 Å². The van der Waals surface area contributed by atoms with Crippen molar-refractivity contribution in [3.8, 4) is 0 Å². The Hall–Kier alpha value is -1.55. The lowest BCUT2D eigenvalue weighted by Crippen LogP contribution is -2.29. The summed E-state index contributed by atoms with van der Waals surface area (Å²) in [7, 11) is 0. The van der Waals surface area contributed by atoms with Gasteiger partial charge >= 0.3 is 0 Å². The van der Waals surface area contributed by atoms with Crippen molar-refractivity contribution < 1.29 is 9.90 Å². The van der Waals surface area contributed by atoms with Gasteiger partial charge in [-0.05, 0) is 24.6 Å². The summed E-state index contributed by atoms with van der Waals surface area (Å²) in [6, 6.07) is 7.64. The van der Waals surface area contributed by atoms with Crippen molar-refractivity contribution in [3.05, 3.63) is 24.3 Å². The Kier molecular flexibility index (Phi) is 6.02. The molecule has 0 saturated carbocycles. The molecule has 4 heteroatoms. The van der Waals surface area contributed by atoms with Crippen LogP contribution in [0.5, 0.6) is 0 Å². The summed E-state index contributed by atoms with van der Waals surface area (Å²) < 4.78 is 0. The molecule has 0 aliphatic heterocycles. The molecule has 1 unspecified atom stereocenters. The van der Waals surface area contributed by atoms with E-state index in [9.17, 15) is 9.90 Å². The molecular formula is C16H26N2O2. The van der Waals surface area contributed by atoms with Gasteiger partial charge in [0.25, 0.3) is 0 Å². The predicted molar refractivity (Wildman–Crippen MR) is 83.9 cm³/mol. The van der Waals surface area contributed by atoms with E-state index in [0.29, 0.717) is 6.54 Å². The summed E-state index contributed by atoms with van der Waals surface area (Å²) in [5.74, 6) is -0.0275. The van der Waals surface area contributed by atoms with Crippen molar-refractivity contribution >= 4 is 17.3 Å². The molecule has 3 N–H and O–H groups in total. The fourth-order valence-corrected chi connectivity index (χ4v) is 1.60. The monoisotopic (exact) mass is 278 g/mol. The van der Waals surface area contributed by atoms with Crippen LogP contribution in [0.15, 0.2) is 24.3 Å². The van der Waals surface area contributed by atoms with E-state index in [0.717, 1.165) is 17.8 Å². The van der Waals surface area contributed by atoms with Gasteiger partial charge in [-0.25, -0.2) is 0 Å². The van der Waals surface area contributed by atoms with E-state index < -0.39 is 0 Å². The first-order valence-corrected chi connectivity index (χ1v) is 7.16. The molecule has 4 nitrogen and oxygen atoms in total. The smallest absolute Gasteiger partial charge is 0.226 e. The second-order valence-corrected chi connectivity index (χ2v) is 5.90. The lowest BCUT2D eigenvalue weighted by atomic mass is 9.88. The van der Waals surface area contributed by atoms with Gasteiger partial charge in [0.15, 0.2) is 0 Å². The number of amides is 1. The van der Waals surface area contributed by atoms with Crippen molar-refractivity contribution in [2.45, 2.75) is 34.1 Å². The Morgan fingerprint density at radius 1 is 1.35 bits per heavy atom. The zero-order valence-electron chi connectivity index (χ0n) is 12.9. The number of hydrogen-bond acceptors (Lipinski definition) is 3. The third-order valence-electron chi connectivity index (χ3n) is 3.61. The Morgan fingerprint density at radius 2 is 2.00 bits per heavy atom. The van der Waals surface area contributed by atoms with Crippen LogP contribution in [0.4, 0.5) is 11.4 Å². The molecule has 112 valence electrons. The van der Waals surface area contributed by atoms with Gasteiger partial charge in [-0.1, -0.05) is 33.8 Å². The number of carbonyl (C=O) groups excluding carboxylic acids is 1. The van der Waals surface area contributed by atoms with Gasteiger partial charge in [-0.2, -0.15) is 0 Å². The van der Waals surface area contributed by atoms with Crippen LogP contribution in [0.1, 0.15) is 34.1 Å². The Labute approximate surface area is 121 Å². The molecule has 0 radical (unpaired) electrons. The highest BCUT2D eigenvalue weighted by Crippen LogP contribution is 2.22. The van der Waals surface area contributed by atoms with Gasteiger partial charge in [0.1, 0.15) is 0 Å². The summed E-state index contributed by atoms with van der Waals surface area (Å²) in [6.07, 6.45) is 0.903. The standard InChI is InChI=1S/C16H26N2O2/c1-5-16(4,11-19)10-17-13-7-6-8-14(9-13)18-15(20)12(2)3/h6-9,12,17,19H,5,10-11H2,1-4H3,(H,18,20). The van der Waals surface area contributed by atoms with Crippen molar-refractivity contribution in [1.29, 1.82) is 0 Å². The van der Waals surface area contributed by atoms with Gasteiger partial charge in [-0.3, -0.25) is 4.79 Å². The van der Waals surface area contributed by atoms with E-state index in [4.69, 9.17) is 0 Å². The topological polar surface area (TPSA) is 61.4 Å². The minimum atomic E-state index is -0.128. The van der Waals surface area contributed by atoms with Gasteiger partial charge < -0.3 is 15.7 Å². The molecular weight excluding hydrogens is 252 g/mol. The molecule has 0 aliphatic carbocycles. The van der Waals surface area contributed by atoms with Gasteiger partial charge in [0.2, 0.25) is 5.91 Å². The molecule has 1 aromatic carbocycles. The zero-order chi connectivity index (χ0) is 15.2. The molecule has 1 rings (SSSR count). The summed E-state index contributed by atoms with van der Waals surface area (Å²) in [5.41, 5.74) is 1.60. The minimum Gasteiger partial charge on any atom is -0.396 e. The number of aliphatic hydroxyl groups excluding tert-OH is 1. The van der Waals surface area contributed by atoms with Crippen molar-refractivity contribution in [1.82, 2.24) is 0 Å². The van der Waals surface area contributed by atoms with Gasteiger partial charge in [-0.15, -0.1) is 0 Å². The number of carbonyl (C=O) groups is 1. The van der Waals surface area contributed by atoms with Crippen molar-refractivity contribution in [2.24, 2.45) is 11.3 Å². The lowest BCUT2D eigenvalue weighted by molar-refractivity contribution is -0.118. The highest BCUT2D eigenvalue weighted by atomic mass is 16.3. The summed E-state index contributed by atoms with van der Waals surface area (Å²) in [6.45, 7) is 8.69. The largest absolute Gasteiger partial charge is 0.396 e. The van der Waals surface area contributed by atoms with Crippen LogP contribution < -0.4 is 10.6 Å². The zero-order valence-corrected chi connectivity index (χ0v) is 12.9. The number of anilines is 2. The van der Waals surface area contributed by atoms with Crippen molar-refractivity contribution in [3.63, 3.8) is 0 Å². The molecule has 0 aromatic heterocycles. The van der Waals surface area contributed by atoms with Gasteiger partial charge in [0.05, 0.1) is 6.61 Å². The van der Waals surface area contributed by atoms with Crippen LogP contribution in [0.3, 0.4) is 0 Å². The Bertz CT molecular complexity index is 440. The molecule has 1 atom stereocenters. The fourth-order valence-electron chi connectivity index (χ4n) is 1.60. The minimum absolute atomic E-state index is 0.0101. The molecule has 0 saturated heterocycles. The van der Waals surface area contributed by atoms with Crippen LogP contribution in [0.2, 0.25) is 0 Å². The first kappa shape index (κ1) is 16.5. The number of rotatable bonds is 7. The SMILES string of the molecule is CCC(C)(CO)CNc1cccc(NC(=O)C(C)C)c1. The van der Waals surface area contributed by atoms with E-state index in [1.54, 1.807) is 0 Å². The maximum atomic E-state index is 11.7. The first-order valence-electron chi connectivity index (χ1n) is 7.16. The van der Waals surface area contributed by atoms with E-state index in [-0.39, 0.29) is 23.8 Å². The highest BCUT2D eigenvalue weighted by Gasteiger charge is 2.20. The summed E-state index contributed by atoms with van der Waals surface area (Å²) in [4.78, 5) is 11.7. The average molecular weight is 278 g/mol. The molecule has 0 bridgehead atoms. The average Bonchev–Trinajstić information content (AvgIpc) is 2.45. The molecule has 0 aliphatic rings. The third-order valence-corrected chi connectivity index (χ3v) is 3.61. The molecule has 0 heterocycles. The summed E-state index contributed by atoms with van der Waals surface area (Å²) >= 11 is 0. The van der Waals surface area contributed by atoms with Crippen LogP contribution in [0, 0.1) is 11.3 Å². The second-order valence-electron chi connectivity index (χ2n) is 5.90. The fraction of sp³-hybridized carbons (Fsp3) is 0.562. The molecule has 1 amide bonds. The molecule has 0 fully saturated rings. The molecule has 20 heavy (non-hydrogen) atoms.